The fourth-order valence-electron chi connectivity index (χ4n) is 2.27. The number of carbonyl (C=O) groups is 2. The predicted molar refractivity (Wildman–Crippen MR) is 85.4 cm³/mol. The third-order valence-corrected chi connectivity index (χ3v) is 4.19. The van der Waals surface area contributed by atoms with Crippen molar-refractivity contribution in [1.29, 1.82) is 0 Å². The topological polar surface area (TPSA) is 55.8 Å². The van der Waals surface area contributed by atoms with Gasteiger partial charge in [0.15, 0.2) is 5.78 Å². The van der Waals surface area contributed by atoms with E-state index in [1.54, 1.807) is 11.0 Å². The molecule has 6 heteroatoms. The van der Waals surface area contributed by atoms with Gasteiger partial charge in [0.2, 0.25) is 0 Å². The summed E-state index contributed by atoms with van der Waals surface area (Å²) in [5.74, 6) is -0.00982. The Hall–Kier alpha value is -1.40. The van der Waals surface area contributed by atoms with Gasteiger partial charge in [-0.15, -0.1) is 11.3 Å². The molecule has 1 aromatic heterocycles. The molecule has 0 unspecified atom stereocenters. The number of amides is 1. The molecular formula is C16H23NO4S. The molecule has 0 N–H and O–H groups in total. The number of ether oxygens (including phenoxy) is 2. The van der Waals surface area contributed by atoms with E-state index < -0.39 is 5.60 Å². The SMILES string of the molecule is CC(C)(C)OC(=O)N1CCC[C@H](OCC(=O)c2cccs2)C1. The highest BCUT2D eigenvalue weighted by molar-refractivity contribution is 7.12. The van der Waals surface area contributed by atoms with Gasteiger partial charge in [-0.1, -0.05) is 6.07 Å². The first-order valence-corrected chi connectivity index (χ1v) is 8.39. The Balaban J connectivity index is 1.80. The zero-order valence-electron chi connectivity index (χ0n) is 13.3. The molecule has 0 spiro atoms. The van der Waals surface area contributed by atoms with Crippen LogP contribution in [-0.2, 0) is 9.47 Å². The molecule has 2 rings (SSSR count). The lowest BCUT2D eigenvalue weighted by Gasteiger charge is -2.33. The van der Waals surface area contributed by atoms with Gasteiger partial charge in [-0.05, 0) is 45.1 Å². The molecule has 22 heavy (non-hydrogen) atoms. The summed E-state index contributed by atoms with van der Waals surface area (Å²) in [6.07, 6.45) is 1.30. The van der Waals surface area contributed by atoms with Crippen molar-refractivity contribution in [2.24, 2.45) is 0 Å². The molecule has 1 amide bonds. The standard InChI is InChI=1S/C16H23NO4S/c1-16(2,3)21-15(19)17-8-4-6-12(10-17)20-11-13(18)14-7-5-9-22-14/h5,7,9,12H,4,6,8,10-11H2,1-3H3/t12-/m0/s1. The Morgan fingerprint density at radius 1 is 1.41 bits per heavy atom. The van der Waals surface area contributed by atoms with Crippen LogP contribution in [0.1, 0.15) is 43.3 Å². The van der Waals surface area contributed by atoms with Gasteiger partial charge in [-0.25, -0.2) is 4.79 Å². The summed E-state index contributed by atoms with van der Waals surface area (Å²) in [7, 11) is 0. The van der Waals surface area contributed by atoms with Gasteiger partial charge in [0.05, 0.1) is 17.5 Å². The van der Waals surface area contributed by atoms with Crippen molar-refractivity contribution in [1.82, 2.24) is 4.90 Å². The number of ketones is 1. The lowest BCUT2D eigenvalue weighted by atomic mass is 10.1. The maximum atomic E-state index is 12.1. The van der Waals surface area contributed by atoms with Crippen LogP contribution < -0.4 is 0 Å². The molecule has 0 radical (unpaired) electrons. The summed E-state index contributed by atoms with van der Waals surface area (Å²) < 4.78 is 11.1. The molecule has 1 fully saturated rings. The first-order valence-electron chi connectivity index (χ1n) is 7.51. The molecule has 1 saturated heterocycles. The van der Waals surface area contributed by atoms with Crippen molar-refractivity contribution in [2.45, 2.75) is 45.3 Å². The molecule has 0 aromatic carbocycles. The maximum Gasteiger partial charge on any atom is 0.410 e. The summed E-state index contributed by atoms with van der Waals surface area (Å²) >= 11 is 1.42. The van der Waals surface area contributed by atoms with E-state index in [1.165, 1.54) is 11.3 Å². The van der Waals surface area contributed by atoms with Gasteiger partial charge in [0, 0.05) is 6.54 Å². The second-order valence-corrected chi connectivity index (χ2v) is 7.35. The van der Waals surface area contributed by atoms with Crippen LogP contribution in [0, 0.1) is 0 Å². The molecular weight excluding hydrogens is 302 g/mol. The third kappa shape index (κ3) is 5.10. The highest BCUT2D eigenvalue weighted by Crippen LogP contribution is 2.18. The van der Waals surface area contributed by atoms with E-state index >= 15 is 0 Å². The van der Waals surface area contributed by atoms with E-state index in [4.69, 9.17) is 9.47 Å². The van der Waals surface area contributed by atoms with Crippen LogP contribution in [0.2, 0.25) is 0 Å². The van der Waals surface area contributed by atoms with Gasteiger partial charge >= 0.3 is 6.09 Å². The molecule has 1 aliphatic rings. The smallest absolute Gasteiger partial charge is 0.410 e. The number of thiophene rings is 1. The van der Waals surface area contributed by atoms with E-state index in [0.717, 1.165) is 12.8 Å². The molecule has 1 aliphatic heterocycles. The Labute approximate surface area is 135 Å². The Kier molecular flexibility index (Phi) is 5.58. The average Bonchev–Trinajstić information content (AvgIpc) is 2.97. The van der Waals surface area contributed by atoms with Crippen LogP contribution in [0.15, 0.2) is 17.5 Å². The van der Waals surface area contributed by atoms with E-state index in [-0.39, 0.29) is 24.6 Å². The molecule has 1 aromatic rings. The number of Topliss-reactive ketones (excluding diaryl/α,β-unsaturated/α-hetero) is 1. The highest BCUT2D eigenvalue weighted by atomic mass is 32.1. The molecule has 5 nitrogen and oxygen atoms in total. The van der Waals surface area contributed by atoms with E-state index in [9.17, 15) is 9.59 Å². The fraction of sp³-hybridized carbons (Fsp3) is 0.625. The maximum absolute atomic E-state index is 12.1. The summed E-state index contributed by atoms with van der Waals surface area (Å²) in [5, 5.41) is 1.87. The zero-order chi connectivity index (χ0) is 16.2. The monoisotopic (exact) mass is 325 g/mol. The fourth-order valence-corrected chi connectivity index (χ4v) is 2.92. The first kappa shape index (κ1) is 17.0. The summed E-state index contributed by atoms with van der Waals surface area (Å²) in [6.45, 7) is 6.77. The minimum absolute atomic E-state index is 0.00982. The number of likely N-dealkylation sites (tertiary alicyclic amines) is 1. The lowest BCUT2D eigenvalue weighted by molar-refractivity contribution is -0.0162. The third-order valence-electron chi connectivity index (χ3n) is 3.28. The van der Waals surface area contributed by atoms with Crippen LogP contribution in [0.25, 0.3) is 0 Å². The molecule has 2 heterocycles. The summed E-state index contributed by atoms with van der Waals surface area (Å²) in [4.78, 5) is 26.4. The van der Waals surface area contributed by atoms with Gasteiger partial charge < -0.3 is 14.4 Å². The summed E-state index contributed by atoms with van der Waals surface area (Å²) in [5.41, 5.74) is -0.500. The van der Waals surface area contributed by atoms with Crippen molar-refractivity contribution >= 4 is 23.2 Å². The largest absolute Gasteiger partial charge is 0.444 e. The van der Waals surface area contributed by atoms with Crippen molar-refractivity contribution in [3.05, 3.63) is 22.4 Å². The normalized spacial score (nSPS) is 19.0. The second kappa shape index (κ2) is 7.24. The van der Waals surface area contributed by atoms with Crippen molar-refractivity contribution < 1.29 is 19.1 Å². The zero-order valence-corrected chi connectivity index (χ0v) is 14.1. The van der Waals surface area contributed by atoms with E-state index in [2.05, 4.69) is 0 Å². The molecule has 1 atom stereocenters. The number of hydrogen-bond acceptors (Lipinski definition) is 5. The lowest BCUT2D eigenvalue weighted by Crippen LogP contribution is -2.45. The van der Waals surface area contributed by atoms with Crippen LogP contribution in [0.3, 0.4) is 0 Å². The average molecular weight is 325 g/mol. The first-order chi connectivity index (χ1) is 10.3. The number of nitrogens with zero attached hydrogens (tertiary/aromatic N) is 1. The van der Waals surface area contributed by atoms with E-state index in [0.29, 0.717) is 18.0 Å². The van der Waals surface area contributed by atoms with Gasteiger partial charge in [-0.2, -0.15) is 0 Å². The molecule has 122 valence electrons. The Morgan fingerprint density at radius 3 is 2.82 bits per heavy atom. The Morgan fingerprint density at radius 2 is 2.18 bits per heavy atom. The number of hydrogen-bond donors (Lipinski definition) is 0. The minimum Gasteiger partial charge on any atom is -0.444 e. The van der Waals surface area contributed by atoms with Gasteiger partial charge in [0.25, 0.3) is 0 Å². The van der Waals surface area contributed by atoms with Crippen LogP contribution >= 0.6 is 11.3 Å². The molecule has 0 aliphatic carbocycles. The Bertz CT molecular complexity index is 507. The van der Waals surface area contributed by atoms with Crippen molar-refractivity contribution in [2.75, 3.05) is 19.7 Å². The van der Waals surface area contributed by atoms with Crippen LogP contribution in [-0.4, -0.2) is 48.2 Å². The predicted octanol–water partition coefficient (Wildman–Crippen LogP) is 3.35. The highest BCUT2D eigenvalue weighted by Gasteiger charge is 2.28. The van der Waals surface area contributed by atoms with Gasteiger partial charge in [0.1, 0.15) is 12.2 Å². The van der Waals surface area contributed by atoms with Crippen molar-refractivity contribution in [3.63, 3.8) is 0 Å². The minimum atomic E-state index is -0.500. The second-order valence-electron chi connectivity index (χ2n) is 6.40. The van der Waals surface area contributed by atoms with Crippen LogP contribution in [0.4, 0.5) is 4.79 Å². The molecule has 0 saturated carbocycles. The quantitative estimate of drug-likeness (QED) is 0.797. The van der Waals surface area contributed by atoms with E-state index in [1.807, 2.05) is 32.2 Å². The summed E-state index contributed by atoms with van der Waals surface area (Å²) in [6, 6.07) is 3.65. The van der Waals surface area contributed by atoms with Gasteiger partial charge in [-0.3, -0.25) is 4.79 Å². The number of carbonyl (C=O) groups excluding carboxylic acids is 2. The molecule has 0 bridgehead atoms. The van der Waals surface area contributed by atoms with Crippen LogP contribution in [0.5, 0.6) is 0 Å². The van der Waals surface area contributed by atoms with Crippen molar-refractivity contribution in [3.8, 4) is 0 Å². The number of rotatable bonds is 4. The number of piperidine rings is 1.